The Kier molecular flexibility index (Phi) is 5.23. The lowest BCUT2D eigenvalue weighted by Crippen LogP contribution is -2.67. The van der Waals surface area contributed by atoms with E-state index in [4.69, 9.17) is 0 Å². The van der Waals surface area contributed by atoms with E-state index in [0.29, 0.717) is 0 Å². The molecule has 0 aromatic rings. The summed E-state index contributed by atoms with van der Waals surface area (Å²) < 4.78 is 0. The Morgan fingerprint density at radius 2 is 1.81 bits per heavy atom. The Labute approximate surface area is 131 Å². The zero-order chi connectivity index (χ0) is 14.8. The van der Waals surface area contributed by atoms with E-state index in [1.165, 1.54) is 65.0 Å². The molecule has 21 heavy (non-hydrogen) atoms. The van der Waals surface area contributed by atoms with E-state index < -0.39 is 0 Å². The van der Waals surface area contributed by atoms with Crippen molar-refractivity contribution < 1.29 is 0 Å². The van der Waals surface area contributed by atoms with Gasteiger partial charge in [-0.1, -0.05) is 27.2 Å². The van der Waals surface area contributed by atoms with Crippen LogP contribution in [0.25, 0.3) is 0 Å². The highest BCUT2D eigenvalue weighted by molar-refractivity contribution is 4.98. The maximum Gasteiger partial charge on any atom is 0.0380 e. The summed E-state index contributed by atoms with van der Waals surface area (Å²) in [5.41, 5.74) is 0. The van der Waals surface area contributed by atoms with E-state index in [-0.39, 0.29) is 0 Å². The quantitative estimate of drug-likeness (QED) is 0.840. The second kappa shape index (κ2) is 6.97. The van der Waals surface area contributed by atoms with Crippen LogP contribution >= 0.6 is 0 Å². The molecule has 4 fully saturated rings. The summed E-state index contributed by atoms with van der Waals surface area (Å²) in [6.45, 7) is 14.9. The molecule has 4 rings (SSSR count). The van der Waals surface area contributed by atoms with Gasteiger partial charge in [-0.3, -0.25) is 9.80 Å². The molecule has 3 heteroatoms. The normalized spacial score (nSPS) is 44.7. The van der Waals surface area contributed by atoms with Crippen LogP contribution in [0.2, 0.25) is 0 Å². The summed E-state index contributed by atoms with van der Waals surface area (Å²) in [6, 6.07) is 1.49. The fourth-order valence-electron chi connectivity index (χ4n) is 4.84. The Morgan fingerprint density at radius 1 is 1.05 bits per heavy atom. The first-order chi connectivity index (χ1) is 10.2. The molecule has 122 valence electrons. The molecule has 0 aromatic heterocycles. The van der Waals surface area contributed by atoms with Crippen LogP contribution in [-0.2, 0) is 0 Å². The lowest BCUT2D eigenvalue weighted by Gasteiger charge is -2.52. The Hall–Kier alpha value is -0.120. The molecular formula is C18H35N3. The standard InChI is InChI=1S/C18H35N3/c1-4-7-19-18(16-6-5-14(2)15(3)12-16)17-13-20-8-10-21(17)11-9-20/h14-19H,4-13H2,1-3H3. The minimum absolute atomic E-state index is 0.725. The first kappa shape index (κ1) is 15.8. The van der Waals surface area contributed by atoms with E-state index in [9.17, 15) is 0 Å². The molecule has 3 aliphatic heterocycles. The number of fused-ring (bicyclic) bond motifs is 3. The number of nitrogens with one attached hydrogen (secondary N) is 1. The zero-order valence-corrected chi connectivity index (χ0v) is 14.4. The Morgan fingerprint density at radius 3 is 2.38 bits per heavy atom. The summed E-state index contributed by atoms with van der Waals surface area (Å²) in [4.78, 5) is 5.48. The second-order valence-corrected chi connectivity index (χ2v) is 7.91. The average molecular weight is 293 g/mol. The van der Waals surface area contributed by atoms with E-state index in [2.05, 4.69) is 35.9 Å². The SMILES string of the molecule is CCCNC(C1CCC(C)C(C)C1)C1CN2CCN1CC2. The molecule has 1 aliphatic carbocycles. The summed E-state index contributed by atoms with van der Waals surface area (Å²) >= 11 is 0. The summed E-state index contributed by atoms with van der Waals surface area (Å²) in [7, 11) is 0. The van der Waals surface area contributed by atoms with Crippen molar-refractivity contribution in [3.8, 4) is 0 Å². The van der Waals surface area contributed by atoms with Crippen molar-refractivity contribution >= 4 is 0 Å². The van der Waals surface area contributed by atoms with Gasteiger partial charge in [0.05, 0.1) is 0 Å². The second-order valence-electron chi connectivity index (χ2n) is 7.91. The van der Waals surface area contributed by atoms with E-state index in [0.717, 1.165) is 29.8 Å². The highest BCUT2D eigenvalue weighted by Gasteiger charge is 2.41. The van der Waals surface area contributed by atoms with E-state index in [1.807, 2.05) is 0 Å². The lowest BCUT2D eigenvalue weighted by atomic mass is 9.71. The van der Waals surface area contributed by atoms with Crippen LogP contribution in [0.5, 0.6) is 0 Å². The van der Waals surface area contributed by atoms with Crippen LogP contribution in [0, 0.1) is 17.8 Å². The predicted molar refractivity (Wildman–Crippen MR) is 89.6 cm³/mol. The Balaban J connectivity index is 1.68. The first-order valence-corrected chi connectivity index (χ1v) is 9.38. The maximum absolute atomic E-state index is 3.96. The molecule has 5 unspecified atom stereocenters. The van der Waals surface area contributed by atoms with Crippen LogP contribution < -0.4 is 5.32 Å². The zero-order valence-electron chi connectivity index (χ0n) is 14.4. The molecule has 1 saturated carbocycles. The molecule has 4 aliphatic rings. The largest absolute Gasteiger partial charge is 0.312 e. The summed E-state index contributed by atoms with van der Waals surface area (Å²) in [5.74, 6) is 2.74. The molecule has 0 radical (unpaired) electrons. The summed E-state index contributed by atoms with van der Waals surface area (Å²) in [6.07, 6.45) is 5.57. The minimum Gasteiger partial charge on any atom is -0.312 e. The fourth-order valence-corrected chi connectivity index (χ4v) is 4.84. The van der Waals surface area contributed by atoms with Crippen molar-refractivity contribution in [1.82, 2.24) is 15.1 Å². The van der Waals surface area contributed by atoms with Crippen LogP contribution in [0.3, 0.4) is 0 Å². The van der Waals surface area contributed by atoms with Crippen molar-refractivity contribution in [3.63, 3.8) is 0 Å². The fraction of sp³-hybridized carbons (Fsp3) is 1.00. The van der Waals surface area contributed by atoms with Gasteiger partial charge in [0.25, 0.3) is 0 Å². The number of piperazine rings is 3. The van der Waals surface area contributed by atoms with Gasteiger partial charge < -0.3 is 5.32 Å². The number of rotatable bonds is 5. The number of hydrogen-bond acceptors (Lipinski definition) is 3. The molecule has 3 heterocycles. The van der Waals surface area contributed by atoms with Crippen molar-refractivity contribution in [2.24, 2.45) is 17.8 Å². The van der Waals surface area contributed by atoms with Crippen molar-refractivity contribution in [2.45, 2.75) is 58.5 Å². The van der Waals surface area contributed by atoms with Crippen molar-refractivity contribution in [1.29, 1.82) is 0 Å². The summed E-state index contributed by atoms with van der Waals surface area (Å²) in [5, 5.41) is 3.96. The van der Waals surface area contributed by atoms with Gasteiger partial charge in [0.15, 0.2) is 0 Å². The van der Waals surface area contributed by atoms with Crippen molar-refractivity contribution in [2.75, 3.05) is 39.3 Å². The van der Waals surface area contributed by atoms with Gasteiger partial charge >= 0.3 is 0 Å². The van der Waals surface area contributed by atoms with Gasteiger partial charge in [-0.05, 0) is 43.6 Å². The average Bonchev–Trinajstić information content (AvgIpc) is 2.52. The van der Waals surface area contributed by atoms with Crippen molar-refractivity contribution in [3.05, 3.63) is 0 Å². The maximum atomic E-state index is 3.96. The smallest absolute Gasteiger partial charge is 0.0380 e. The monoisotopic (exact) mass is 293 g/mol. The molecule has 0 spiro atoms. The van der Waals surface area contributed by atoms with Gasteiger partial charge in [-0.2, -0.15) is 0 Å². The number of hydrogen-bond donors (Lipinski definition) is 1. The van der Waals surface area contributed by atoms with Crippen LogP contribution in [0.1, 0.15) is 46.5 Å². The van der Waals surface area contributed by atoms with Gasteiger partial charge in [0.1, 0.15) is 0 Å². The molecule has 1 N–H and O–H groups in total. The Bertz CT molecular complexity index is 324. The molecule has 3 saturated heterocycles. The molecular weight excluding hydrogens is 258 g/mol. The van der Waals surface area contributed by atoms with Crippen LogP contribution in [0.4, 0.5) is 0 Å². The van der Waals surface area contributed by atoms with E-state index >= 15 is 0 Å². The van der Waals surface area contributed by atoms with Gasteiger partial charge in [0.2, 0.25) is 0 Å². The molecule has 0 aromatic carbocycles. The first-order valence-electron chi connectivity index (χ1n) is 9.38. The predicted octanol–water partition coefficient (Wildman–Crippen LogP) is 2.43. The van der Waals surface area contributed by atoms with Crippen LogP contribution in [-0.4, -0.2) is 61.2 Å². The molecule has 0 amide bonds. The highest BCUT2D eigenvalue weighted by atomic mass is 15.4. The third kappa shape index (κ3) is 3.46. The van der Waals surface area contributed by atoms with Gasteiger partial charge in [0, 0.05) is 44.8 Å². The van der Waals surface area contributed by atoms with Crippen LogP contribution in [0.15, 0.2) is 0 Å². The molecule has 5 atom stereocenters. The minimum atomic E-state index is 0.725. The third-order valence-corrected chi connectivity index (χ3v) is 6.51. The van der Waals surface area contributed by atoms with Gasteiger partial charge in [-0.25, -0.2) is 0 Å². The molecule has 2 bridgehead atoms. The van der Waals surface area contributed by atoms with E-state index in [1.54, 1.807) is 0 Å². The topological polar surface area (TPSA) is 18.5 Å². The lowest BCUT2D eigenvalue weighted by molar-refractivity contribution is -0.0203. The highest BCUT2D eigenvalue weighted by Crippen LogP contribution is 2.37. The molecule has 3 nitrogen and oxygen atoms in total. The number of nitrogens with zero attached hydrogens (tertiary/aromatic N) is 2. The van der Waals surface area contributed by atoms with Gasteiger partial charge in [-0.15, -0.1) is 0 Å². The third-order valence-electron chi connectivity index (χ3n) is 6.51.